The summed E-state index contributed by atoms with van der Waals surface area (Å²) in [6, 6.07) is 13.9. The number of halogens is 1. The molecule has 30 heavy (non-hydrogen) atoms. The Hall–Kier alpha value is -2.97. The number of carbonyl (C=O) groups excluding carboxylic acids is 1. The molecule has 1 amide bonds. The van der Waals surface area contributed by atoms with Gasteiger partial charge < -0.3 is 10.1 Å². The molecule has 0 fully saturated rings. The first-order valence-electron chi connectivity index (χ1n) is 9.14. The van der Waals surface area contributed by atoms with Crippen LogP contribution in [-0.4, -0.2) is 28.7 Å². The zero-order chi connectivity index (χ0) is 20.9. The summed E-state index contributed by atoms with van der Waals surface area (Å²) in [4.78, 5) is 21.9. The van der Waals surface area contributed by atoms with Crippen LogP contribution >= 0.6 is 23.1 Å². The van der Waals surface area contributed by atoms with E-state index >= 15 is 0 Å². The molecule has 0 atom stereocenters. The van der Waals surface area contributed by atoms with Crippen LogP contribution in [0.3, 0.4) is 0 Å². The fraction of sp³-hybridized carbons (Fsp3) is 0.136. The molecule has 2 aromatic carbocycles. The van der Waals surface area contributed by atoms with Crippen molar-refractivity contribution >= 4 is 39.2 Å². The zero-order valence-corrected chi connectivity index (χ0v) is 17.7. The second-order valence-electron chi connectivity index (χ2n) is 6.43. The maximum absolute atomic E-state index is 13.3. The smallest absolute Gasteiger partial charge is 0.230 e. The summed E-state index contributed by atoms with van der Waals surface area (Å²) in [6.07, 6.45) is 1.50. The van der Waals surface area contributed by atoms with Gasteiger partial charge in [0.2, 0.25) is 5.91 Å². The van der Waals surface area contributed by atoms with E-state index in [2.05, 4.69) is 15.3 Å². The normalized spacial score (nSPS) is 10.9. The largest absolute Gasteiger partial charge is 0.497 e. The maximum atomic E-state index is 13.3. The van der Waals surface area contributed by atoms with Gasteiger partial charge in [0, 0.05) is 17.5 Å². The third-order valence-corrected chi connectivity index (χ3v) is 6.36. The highest BCUT2D eigenvalue weighted by atomic mass is 32.2. The SMILES string of the molecule is COc1ccc(CNC(=O)CSc2ncnc3scc(-c4ccc(F)cc4)c23)cc1. The molecule has 0 aliphatic carbocycles. The number of hydrogen-bond acceptors (Lipinski definition) is 6. The number of aromatic nitrogens is 2. The van der Waals surface area contributed by atoms with Gasteiger partial charge in [-0.15, -0.1) is 11.3 Å². The van der Waals surface area contributed by atoms with Crippen LogP contribution in [-0.2, 0) is 11.3 Å². The van der Waals surface area contributed by atoms with Gasteiger partial charge in [0.05, 0.1) is 18.2 Å². The minimum atomic E-state index is -0.280. The number of rotatable bonds is 7. The number of thiophene rings is 1. The molecular formula is C22H18FN3O2S2. The van der Waals surface area contributed by atoms with Crippen LogP contribution in [0.1, 0.15) is 5.56 Å². The van der Waals surface area contributed by atoms with Crippen LogP contribution in [0.15, 0.2) is 65.3 Å². The number of benzene rings is 2. The van der Waals surface area contributed by atoms with Crippen LogP contribution in [0.25, 0.3) is 21.3 Å². The van der Waals surface area contributed by atoms with Crippen molar-refractivity contribution in [3.05, 3.63) is 71.6 Å². The van der Waals surface area contributed by atoms with E-state index < -0.39 is 0 Å². The van der Waals surface area contributed by atoms with Gasteiger partial charge in [0.15, 0.2) is 0 Å². The number of ether oxygens (including phenoxy) is 1. The monoisotopic (exact) mass is 439 g/mol. The van der Waals surface area contributed by atoms with Crippen molar-refractivity contribution in [2.45, 2.75) is 11.6 Å². The molecule has 0 unspecified atom stereocenters. The average Bonchev–Trinajstić information content (AvgIpc) is 3.22. The average molecular weight is 440 g/mol. The van der Waals surface area contributed by atoms with E-state index in [9.17, 15) is 9.18 Å². The van der Waals surface area contributed by atoms with Gasteiger partial charge in [-0.3, -0.25) is 4.79 Å². The van der Waals surface area contributed by atoms with Gasteiger partial charge in [-0.05, 0) is 35.4 Å². The minimum absolute atomic E-state index is 0.0823. The number of nitrogens with zero attached hydrogens (tertiary/aromatic N) is 2. The standard InChI is InChI=1S/C22H18FN3O2S2/c1-28-17-8-2-14(3-9-17)10-24-19(27)12-30-22-20-18(11-29-21(20)25-13-26-22)15-4-6-16(23)7-5-15/h2-9,11,13H,10,12H2,1H3,(H,24,27). The number of carbonyl (C=O) groups is 1. The summed E-state index contributed by atoms with van der Waals surface area (Å²) < 4.78 is 18.4. The molecule has 4 rings (SSSR count). The van der Waals surface area contributed by atoms with Gasteiger partial charge in [-0.1, -0.05) is 36.0 Å². The molecule has 0 bridgehead atoms. The first-order valence-corrected chi connectivity index (χ1v) is 11.0. The highest BCUT2D eigenvalue weighted by molar-refractivity contribution is 8.00. The lowest BCUT2D eigenvalue weighted by Gasteiger charge is -2.07. The Kier molecular flexibility index (Phi) is 6.25. The Morgan fingerprint density at radius 2 is 1.90 bits per heavy atom. The summed E-state index contributed by atoms with van der Waals surface area (Å²) in [5, 5.41) is 6.53. The molecule has 0 saturated carbocycles. The summed E-state index contributed by atoms with van der Waals surface area (Å²) in [7, 11) is 1.62. The topological polar surface area (TPSA) is 64.1 Å². The first-order chi connectivity index (χ1) is 14.6. The molecule has 8 heteroatoms. The van der Waals surface area contributed by atoms with Gasteiger partial charge in [-0.25, -0.2) is 14.4 Å². The van der Waals surface area contributed by atoms with E-state index in [1.165, 1.54) is 41.6 Å². The third-order valence-electron chi connectivity index (χ3n) is 4.48. The van der Waals surface area contributed by atoms with Crippen molar-refractivity contribution in [1.82, 2.24) is 15.3 Å². The van der Waals surface area contributed by atoms with Crippen molar-refractivity contribution in [1.29, 1.82) is 0 Å². The van der Waals surface area contributed by atoms with Crippen molar-refractivity contribution in [2.75, 3.05) is 12.9 Å². The lowest BCUT2D eigenvalue weighted by Crippen LogP contribution is -2.24. The Morgan fingerprint density at radius 1 is 1.13 bits per heavy atom. The molecule has 5 nitrogen and oxygen atoms in total. The Morgan fingerprint density at radius 3 is 2.63 bits per heavy atom. The van der Waals surface area contributed by atoms with Crippen LogP contribution in [0, 0.1) is 5.82 Å². The quantitative estimate of drug-likeness (QED) is 0.327. The van der Waals surface area contributed by atoms with Crippen LogP contribution in [0.4, 0.5) is 4.39 Å². The number of hydrogen-bond donors (Lipinski definition) is 1. The van der Waals surface area contributed by atoms with Crippen molar-refractivity contribution < 1.29 is 13.9 Å². The van der Waals surface area contributed by atoms with Gasteiger partial charge in [-0.2, -0.15) is 0 Å². The number of thioether (sulfide) groups is 1. The predicted molar refractivity (Wildman–Crippen MR) is 118 cm³/mol. The summed E-state index contributed by atoms with van der Waals surface area (Å²) in [6.45, 7) is 0.446. The Bertz CT molecular complexity index is 1160. The molecule has 0 radical (unpaired) electrons. The molecule has 1 N–H and O–H groups in total. The van der Waals surface area contributed by atoms with E-state index in [0.29, 0.717) is 6.54 Å². The minimum Gasteiger partial charge on any atom is -0.497 e. The highest BCUT2D eigenvalue weighted by Crippen LogP contribution is 2.37. The molecule has 0 spiro atoms. The zero-order valence-electron chi connectivity index (χ0n) is 16.1. The lowest BCUT2D eigenvalue weighted by atomic mass is 10.1. The molecule has 0 saturated heterocycles. The highest BCUT2D eigenvalue weighted by Gasteiger charge is 2.15. The molecule has 0 aliphatic rings. The number of nitrogens with one attached hydrogen (secondary N) is 1. The molecule has 2 heterocycles. The van der Waals surface area contributed by atoms with Crippen molar-refractivity contribution in [3.8, 4) is 16.9 Å². The third kappa shape index (κ3) is 4.60. The van der Waals surface area contributed by atoms with Crippen LogP contribution in [0.2, 0.25) is 0 Å². The second-order valence-corrected chi connectivity index (χ2v) is 8.25. The molecule has 152 valence electrons. The summed E-state index contributed by atoms with van der Waals surface area (Å²) in [5.74, 6) is 0.654. The van der Waals surface area contributed by atoms with E-state index in [-0.39, 0.29) is 17.5 Å². The van der Waals surface area contributed by atoms with E-state index in [0.717, 1.165) is 37.7 Å². The number of fused-ring (bicyclic) bond motifs is 1. The second kappa shape index (κ2) is 9.23. The Labute approximate surface area is 181 Å². The number of methoxy groups -OCH3 is 1. The van der Waals surface area contributed by atoms with Crippen LogP contribution < -0.4 is 10.1 Å². The lowest BCUT2D eigenvalue weighted by molar-refractivity contribution is -0.118. The van der Waals surface area contributed by atoms with E-state index in [1.807, 2.05) is 29.6 Å². The van der Waals surface area contributed by atoms with E-state index in [1.54, 1.807) is 19.2 Å². The Balaban J connectivity index is 1.45. The molecule has 0 aliphatic heterocycles. The summed E-state index contributed by atoms with van der Waals surface area (Å²) >= 11 is 2.87. The predicted octanol–water partition coefficient (Wildman–Crippen LogP) is 4.91. The fourth-order valence-electron chi connectivity index (χ4n) is 2.93. The fourth-order valence-corrected chi connectivity index (χ4v) is 4.75. The molecule has 4 aromatic rings. The van der Waals surface area contributed by atoms with Gasteiger partial charge >= 0.3 is 0 Å². The first kappa shape index (κ1) is 20.3. The molecule has 2 aromatic heterocycles. The molecular weight excluding hydrogens is 421 g/mol. The number of amides is 1. The van der Waals surface area contributed by atoms with Crippen molar-refractivity contribution in [2.24, 2.45) is 0 Å². The van der Waals surface area contributed by atoms with Crippen molar-refractivity contribution in [3.63, 3.8) is 0 Å². The van der Waals surface area contributed by atoms with Gasteiger partial charge in [0.25, 0.3) is 0 Å². The van der Waals surface area contributed by atoms with Crippen LogP contribution in [0.5, 0.6) is 5.75 Å². The van der Waals surface area contributed by atoms with Gasteiger partial charge in [0.1, 0.15) is 27.8 Å². The summed E-state index contributed by atoms with van der Waals surface area (Å²) in [5.41, 5.74) is 2.83. The maximum Gasteiger partial charge on any atom is 0.230 e. The van der Waals surface area contributed by atoms with E-state index in [4.69, 9.17) is 4.74 Å².